The fourth-order valence-electron chi connectivity index (χ4n) is 2.65. The quantitative estimate of drug-likeness (QED) is 0.484. The predicted octanol–water partition coefficient (Wildman–Crippen LogP) is 3.47. The van der Waals surface area contributed by atoms with Crippen LogP contribution in [0.25, 0.3) is 11.3 Å². The van der Waals surface area contributed by atoms with Gasteiger partial charge in [0.2, 0.25) is 15.3 Å². The van der Waals surface area contributed by atoms with Gasteiger partial charge < -0.3 is 10.1 Å². The fraction of sp³-hybridized carbons (Fsp3) is 0.450. The van der Waals surface area contributed by atoms with E-state index in [0.717, 1.165) is 11.1 Å². The highest BCUT2D eigenvalue weighted by molar-refractivity contribution is 7.88. The van der Waals surface area contributed by atoms with Gasteiger partial charge in [-0.2, -0.15) is 4.31 Å². The molecular formula is C20H27ClN4O4S. The predicted molar refractivity (Wildman–Crippen MR) is 117 cm³/mol. The fourth-order valence-corrected chi connectivity index (χ4v) is 3.64. The highest BCUT2D eigenvalue weighted by atomic mass is 35.5. The van der Waals surface area contributed by atoms with Crippen LogP contribution >= 0.6 is 11.6 Å². The van der Waals surface area contributed by atoms with Gasteiger partial charge in [0.1, 0.15) is 5.60 Å². The molecule has 0 aliphatic carbocycles. The smallest absolute Gasteiger partial charge is 0.407 e. The molecule has 2 rings (SSSR count). The third-order valence-electron chi connectivity index (χ3n) is 3.93. The van der Waals surface area contributed by atoms with Gasteiger partial charge in [-0.15, -0.1) is 0 Å². The van der Waals surface area contributed by atoms with E-state index >= 15 is 0 Å². The molecule has 0 aliphatic heterocycles. The van der Waals surface area contributed by atoms with Crippen LogP contribution in [0.15, 0.2) is 36.5 Å². The molecule has 0 saturated carbocycles. The molecule has 0 bridgehead atoms. The normalized spacial score (nSPS) is 12.1. The van der Waals surface area contributed by atoms with Gasteiger partial charge in [-0.3, -0.25) is 0 Å². The van der Waals surface area contributed by atoms with Crippen LogP contribution in [0.3, 0.4) is 0 Å². The largest absolute Gasteiger partial charge is 0.444 e. The molecule has 2 aromatic rings. The van der Waals surface area contributed by atoms with Gasteiger partial charge in [-0.25, -0.2) is 23.2 Å². The van der Waals surface area contributed by atoms with Crippen LogP contribution in [0.5, 0.6) is 0 Å². The summed E-state index contributed by atoms with van der Waals surface area (Å²) in [6.07, 6.45) is 2.66. The Hall–Kier alpha value is -2.23. The second-order valence-corrected chi connectivity index (χ2v) is 10.1. The molecule has 1 amide bonds. The van der Waals surface area contributed by atoms with Crippen molar-refractivity contribution in [2.24, 2.45) is 0 Å². The number of benzene rings is 1. The van der Waals surface area contributed by atoms with Crippen molar-refractivity contribution in [2.75, 3.05) is 19.3 Å². The molecule has 0 radical (unpaired) electrons. The zero-order valence-electron chi connectivity index (χ0n) is 17.6. The summed E-state index contributed by atoms with van der Waals surface area (Å²) < 4.78 is 31.0. The third kappa shape index (κ3) is 8.25. The maximum atomic E-state index is 12.2. The molecule has 0 spiro atoms. The number of ether oxygens (including phenoxy) is 1. The van der Waals surface area contributed by atoms with Crippen LogP contribution in [0, 0.1) is 0 Å². The molecule has 0 aliphatic rings. The van der Waals surface area contributed by atoms with Crippen LogP contribution < -0.4 is 5.32 Å². The lowest BCUT2D eigenvalue weighted by Gasteiger charge is -2.21. The number of hydrogen-bond donors (Lipinski definition) is 1. The Labute approximate surface area is 182 Å². The van der Waals surface area contributed by atoms with Gasteiger partial charge in [0.15, 0.2) is 0 Å². The van der Waals surface area contributed by atoms with Crippen molar-refractivity contribution in [3.05, 3.63) is 47.4 Å². The van der Waals surface area contributed by atoms with Crippen LogP contribution in [-0.2, 0) is 21.3 Å². The molecule has 0 unspecified atom stereocenters. The van der Waals surface area contributed by atoms with Crippen LogP contribution in [0.2, 0.25) is 5.28 Å². The van der Waals surface area contributed by atoms with Crippen molar-refractivity contribution in [1.82, 2.24) is 19.6 Å². The summed E-state index contributed by atoms with van der Waals surface area (Å²) >= 11 is 5.86. The van der Waals surface area contributed by atoms with Crippen molar-refractivity contribution in [1.29, 1.82) is 0 Å². The lowest BCUT2D eigenvalue weighted by Crippen LogP contribution is -2.35. The van der Waals surface area contributed by atoms with Crippen LogP contribution in [0.1, 0.15) is 32.8 Å². The van der Waals surface area contributed by atoms with E-state index in [-0.39, 0.29) is 18.4 Å². The number of rotatable bonds is 8. The topological polar surface area (TPSA) is 101 Å². The lowest BCUT2D eigenvalue weighted by atomic mass is 10.1. The van der Waals surface area contributed by atoms with E-state index in [4.69, 9.17) is 16.3 Å². The standard InChI is InChI=1S/C20H27ClN4O4S/c1-20(2,3)29-19(26)23-10-6-12-25(30(4,27)28)14-15-7-5-8-16(13-15)17-9-11-22-18(21)24-17/h5,7-9,11,13H,6,10,12,14H2,1-4H3,(H,23,26). The molecule has 164 valence electrons. The minimum atomic E-state index is -3.43. The van der Waals surface area contributed by atoms with Crippen molar-refractivity contribution in [2.45, 2.75) is 39.3 Å². The first-order chi connectivity index (χ1) is 13.9. The molecule has 0 atom stereocenters. The Bertz CT molecular complexity index is 977. The number of sulfonamides is 1. The number of amides is 1. The van der Waals surface area contributed by atoms with E-state index < -0.39 is 21.7 Å². The zero-order chi connectivity index (χ0) is 22.4. The second-order valence-electron chi connectivity index (χ2n) is 7.79. The summed E-state index contributed by atoms with van der Waals surface area (Å²) in [7, 11) is -3.43. The highest BCUT2D eigenvalue weighted by Crippen LogP contribution is 2.20. The van der Waals surface area contributed by atoms with Crippen LogP contribution in [0.4, 0.5) is 4.79 Å². The van der Waals surface area contributed by atoms with Gasteiger partial charge in [-0.05, 0) is 56.5 Å². The SMILES string of the molecule is CC(C)(C)OC(=O)NCCCN(Cc1cccc(-c2ccnc(Cl)n2)c1)S(C)(=O)=O. The molecule has 0 fully saturated rings. The van der Waals surface area contributed by atoms with Gasteiger partial charge in [-0.1, -0.05) is 18.2 Å². The minimum absolute atomic E-state index is 0.146. The van der Waals surface area contributed by atoms with Crippen molar-refractivity contribution in [3.8, 4) is 11.3 Å². The number of aromatic nitrogens is 2. The molecular weight excluding hydrogens is 428 g/mol. The average molecular weight is 455 g/mol. The second kappa shape index (κ2) is 10.2. The first-order valence-electron chi connectivity index (χ1n) is 9.44. The Morgan fingerprint density at radius 2 is 2.00 bits per heavy atom. The molecule has 0 saturated heterocycles. The van der Waals surface area contributed by atoms with Gasteiger partial charge in [0.05, 0.1) is 11.9 Å². The Morgan fingerprint density at radius 1 is 1.27 bits per heavy atom. The number of hydrogen-bond acceptors (Lipinski definition) is 6. The average Bonchev–Trinajstić information content (AvgIpc) is 2.62. The maximum absolute atomic E-state index is 12.2. The van der Waals surface area contributed by atoms with E-state index in [0.29, 0.717) is 18.7 Å². The Morgan fingerprint density at radius 3 is 2.63 bits per heavy atom. The zero-order valence-corrected chi connectivity index (χ0v) is 19.1. The summed E-state index contributed by atoms with van der Waals surface area (Å²) in [5, 5.41) is 2.78. The molecule has 8 nitrogen and oxygen atoms in total. The summed E-state index contributed by atoms with van der Waals surface area (Å²) in [4.78, 5) is 19.8. The minimum Gasteiger partial charge on any atom is -0.444 e. The van der Waals surface area contributed by atoms with Crippen molar-refractivity contribution < 1.29 is 17.9 Å². The van der Waals surface area contributed by atoms with Crippen molar-refractivity contribution in [3.63, 3.8) is 0 Å². The maximum Gasteiger partial charge on any atom is 0.407 e. The summed E-state index contributed by atoms with van der Waals surface area (Å²) in [5.74, 6) is 0. The molecule has 1 aromatic heterocycles. The van der Waals surface area contributed by atoms with E-state index in [2.05, 4.69) is 15.3 Å². The lowest BCUT2D eigenvalue weighted by molar-refractivity contribution is 0.0526. The van der Waals surface area contributed by atoms with Gasteiger partial charge >= 0.3 is 6.09 Å². The third-order valence-corrected chi connectivity index (χ3v) is 5.36. The summed E-state index contributed by atoms with van der Waals surface area (Å²) in [6.45, 7) is 6.11. The molecule has 1 heterocycles. The first kappa shape index (κ1) is 24.0. The summed E-state index contributed by atoms with van der Waals surface area (Å²) in [6, 6.07) is 9.17. The van der Waals surface area contributed by atoms with Gasteiger partial charge in [0.25, 0.3) is 0 Å². The number of carbonyl (C=O) groups excluding carboxylic acids is 1. The molecule has 30 heavy (non-hydrogen) atoms. The van der Waals surface area contributed by atoms with E-state index in [1.54, 1.807) is 33.0 Å². The number of halogens is 1. The molecule has 1 aromatic carbocycles. The van der Waals surface area contributed by atoms with Crippen LogP contribution in [-0.4, -0.2) is 53.7 Å². The molecule has 10 heteroatoms. The Kier molecular flexibility index (Phi) is 8.17. The number of alkyl carbamates (subject to hydrolysis) is 1. The van der Waals surface area contributed by atoms with Crippen molar-refractivity contribution >= 4 is 27.7 Å². The summed E-state index contributed by atoms with van der Waals surface area (Å²) in [5.41, 5.74) is 1.70. The van der Waals surface area contributed by atoms with E-state index in [1.165, 1.54) is 10.6 Å². The monoisotopic (exact) mass is 454 g/mol. The van der Waals surface area contributed by atoms with E-state index in [1.807, 2.05) is 24.3 Å². The number of nitrogens with zero attached hydrogens (tertiary/aromatic N) is 3. The highest BCUT2D eigenvalue weighted by Gasteiger charge is 2.18. The van der Waals surface area contributed by atoms with E-state index in [9.17, 15) is 13.2 Å². The first-order valence-corrected chi connectivity index (χ1v) is 11.7. The van der Waals surface area contributed by atoms with Gasteiger partial charge in [0, 0.05) is 31.4 Å². The Balaban J connectivity index is 2.00. The number of nitrogens with one attached hydrogen (secondary N) is 1. The molecule has 1 N–H and O–H groups in total. The number of carbonyl (C=O) groups is 1.